The first kappa shape index (κ1) is 17.1. The summed E-state index contributed by atoms with van der Waals surface area (Å²) in [6.45, 7) is 3.85. The number of benzene rings is 1. The third-order valence-electron chi connectivity index (χ3n) is 2.91. The highest BCUT2D eigenvalue weighted by atomic mass is 35.5. The summed E-state index contributed by atoms with van der Waals surface area (Å²) in [7, 11) is 0. The van der Waals surface area contributed by atoms with Crippen LogP contribution in [0, 0.1) is 11.3 Å². The van der Waals surface area contributed by atoms with Gasteiger partial charge in [0.15, 0.2) is 0 Å². The Bertz CT molecular complexity index is 508. The number of alkyl halides is 1. The van der Waals surface area contributed by atoms with Crippen LogP contribution < -0.4 is 5.32 Å². The Hall–Kier alpha value is -1.99. The minimum Gasteiger partial charge on any atom is -0.372 e. The van der Waals surface area contributed by atoms with Gasteiger partial charge in [0.1, 0.15) is 11.6 Å². The third kappa shape index (κ3) is 6.33. The summed E-state index contributed by atoms with van der Waals surface area (Å²) in [4.78, 5) is 13.8. The third-order valence-corrected chi connectivity index (χ3v) is 3.17. The molecule has 0 saturated carbocycles. The minimum absolute atomic E-state index is 0.113. The first-order chi connectivity index (χ1) is 10.2. The molecule has 0 aliphatic carbocycles. The first-order valence-electron chi connectivity index (χ1n) is 6.95. The molecular weight excluding hydrogens is 286 g/mol. The smallest absolute Gasteiger partial charge is 0.263 e. The van der Waals surface area contributed by atoms with Crippen LogP contribution >= 0.6 is 11.6 Å². The van der Waals surface area contributed by atoms with E-state index in [-0.39, 0.29) is 11.5 Å². The van der Waals surface area contributed by atoms with E-state index in [0.717, 1.165) is 12.1 Å². The van der Waals surface area contributed by atoms with Crippen LogP contribution in [0.3, 0.4) is 0 Å². The van der Waals surface area contributed by atoms with Crippen molar-refractivity contribution in [2.24, 2.45) is 0 Å². The molecule has 5 heteroatoms. The monoisotopic (exact) mass is 305 g/mol. The summed E-state index contributed by atoms with van der Waals surface area (Å²) in [6.07, 6.45) is 2.30. The van der Waals surface area contributed by atoms with E-state index < -0.39 is 0 Å². The fraction of sp³-hybridized carbons (Fsp3) is 0.375. The molecule has 0 fully saturated rings. The van der Waals surface area contributed by atoms with Crippen LogP contribution in [0.2, 0.25) is 0 Å². The molecular formula is C16H20ClN3O. The molecule has 0 bridgehead atoms. The predicted octanol–water partition coefficient (Wildman–Crippen LogP) is 2.66. The lowest BCUT2D eigenvalue weighted by Crippen LogP contribution is -2.27. The number of nitriles is 1. The van der Waals surface area contributed by atoms with Gasteiger partial charge >= 0.3 is 0 Å². The maximum Gasteiger partial charge on any atom is 0.263 e. The van der Waals surface area contributed by atoms with E-state index >= 15 is 0 Å². The molecule has 0 aliphatic heterocycles. The van der Waals surface area contributed by atoms with Crippen molar-refractivity contribution in [3.63, 3.8) is 0 Å². The van der Waals surface area contributed by atoms with Gasteiger partial charge in [-0.15, -0.1) is 11.6 Å². The molecule has 0 heterocycles. The molecule has 1 amide bonds. The van der Waals surface area contributed by atoms with Gasteiger partial charge in [0, 0.05) is 31.7 Å². The molecule has 1 aromatic carbocycles. The van der Waals surface area contributed by atoms with Crippen molar-refractivity contribution in [1.29, 1.82) is 5.26 Å². The molecule has 0 unspecified atom stereocenters. The van der Waals surface area contributed by atoms with Crippen molar-refractivity contribution in [2.45, 2.75) is 19.9 Å². The van der Waals surface area contributed by atoms with E-state index in [1.165, 1.54) is 0 Å². The minimum atomic E-state index is -0.353. The van der Waals surface area contributed by atoms with Crippen molar-refractivity contribution in [1.82, 2.24) is 10.2 Å². The Balaban J connectivity index is 2.69. The maximum absolute atomic E-state index is 11.9. The highest BCUT2D eigenvalue weighted by Gasteiger charge is 2.10. The van der Waals surface area contributed by atoms with Gasteiger partial charge in [-0.3, -0.25) is 4.79 Å². The van der Waals surface area contributed by atoms with Gasteiger partial charge in [-0.05, 0) is 18.9 Å². The highest BCUT2D eigenvalue weighted by Crippen LogP contribution is 2.06. The SMILES string of the molecule is CCN(/C=C(/C#N)C(=O)NCCCCl)Cc1ccccc1. The second-order valence-electron chi connectivity index (χ2n) is 4.50. The second-order valence-corrected chi connectivity index (χ2v) is 4.88. The lowest BCUT2D eigenvalue weighted by atomic mass is 10.2. The summed E-state index contributed by atoms with van der Waals surface area (Å²) < 4.78 is 0. The topological polar surface area (TPSA) is 56.1 Å². The van der Waals surface area contributed by atoms with Crippen LogP contribution in [-0.2, 0) is 11.3 Å². The van der Waals surface area contributed by atoms with E-state index in [1.807, 2.05) is 48.2 Å². The number of halogens is 1. The molecule has 0 spiro atoms. The quantitative estimate of drug-likeness (QED) is 0.348. The maximum atomic E-state index is 11.9. The summed E-state index contributed by atoms with van der Waals surface area (Å²) in [6, 6.07) is 11.9. The van der Waals surface area contributed by atoms with Crippen molar-refractivity contribution in [3.05, 3.63) is 47.7 Å². The summed E-state index contributed by atoms with van der Waals surface area (Å²) in [5.74, 6) is 0.134. The number of carbonyl (C=O) groups excluding carboxylic acids is 1. The Kier molecular flexibility index (Phi) is 8.00. The molecule has 0 atom stereocenters. The summed E-state index contributed by atoms with van der Waals surface area (Å²) in [5.41, 5.74) is 1.25. The molecule has 21 heavy (non-hydrogen) atoms. The van der Waals surface area contributed by atoms with E-state index in [9.17, 15) is 4.79 Å². The summed E-state index contributed by atoms with van der Waals surface area (Å²) >= 11 is 5.56. The van der Waals surface area contributed by atoms with Crippen LogP contribution in [0.1, 0.15) is 18.9 Å². The second kappa shape index (κ2) is 9.84. The zero-order valence-electron chi connectivity index (χ0n) is 12.2. The molecule has 4 nitrogen and oxygen atoms in total. The Morgan fingerprint density at radius 3 is 2.71 bits per heavy atom. The fourth-order valence-electron chi connectivity index (χ4n) is 1.75. The number of carbonyl (C=O) groups is 1. The number of hydrogen-bond donors (Lipinski definition) is 1. The summed E-state index contributed by atoms with van der Waals surface area (Å²) in [5, 5.41) is 11.8. The van der Waals surface area contributed by atoms with Gasteiger partial charge in [-0.25, -0.2) is 0 Å². The Labute approximate surface area is 131 Å². The number of nitrogens with one attached hydrogen (secondary N) is 1. The molecule has 0 aliphatic rings. The number of hydrogen-bond acceptors (Lipinski definition) is 3. The molecule has 1 rings (SSSR count). The van der Waals surface area contributed by atoms with E-state index in [0.29, 0.717) is 25.4 Å². The van der Waals surface area contributed by atoms with Gasteiger partial charge in [-0.1, -0.05) is 30.3 Å². The highest BCUT2D eigenvalue weighted by molar-refractivity contribution is 6.17. The van der Waals surface area contributed by atoms with Gasteiger partial charge in [0.2, 0.25) is 0 Å². The lowest BCUT2D eigenvalue weighted by Gasteiger charge is -2.18. The van der Waals surface area contributed by atoms with Crippen LogP contribution in [0.15, 0.2) is 42.1 Å². The van der Waals surface area contributed by atoms with E-state index in [2.05, 4.69) is 5.32 Å². The fourth-order valence-corrected chi connectivity index (χ4v) is 1.89. The molecule has 1 aromatic rings. The van der Waals surface area contributed by atoms with Crippen LogP contribution in [-0.4, -0.2) is 29.8 Å². The van der Waals surface area contributed by atoms with Crippen LogP contribution in [0.5, 0.6) is 0 Å². The predicted molar refractivity (Wildman–Crippen MR) is 84.6 cm³/mol. The van der Waals surface area contributed by atoms with Crippen molar-refractivity contribution in [2.75, 3.05) is 19.0 Å². The van der Waals surface area contributed by atoms with E-state index in [1.54, 1.807) is 6.20 Å². The molecule has 0 saturated heterocycles. The lowest BCUT2D eigenvalue weighted by molar-refractivity contribution is -0.117. The van der Waals surface area contributed by atoms with Gasteiger partial charge in [0.25, 0.3) is 5.91 Å². The van der Waals surface area contributed by atoms with Crippen molar-refractivity contribution < 1.29 is 4.79 Å². The first-order valence-corrected chi connectivity index (χ1v) is 7.48. The largest absolute Gasteiger partial charge is 0.372 e. The zero-order chi connectivity index (χ0) is 15.5. The van der Waals surface area contributed by atoms with Crippen LogP contribution in [0.25, 0.3) is 0 Å². The average molecular weight is 306 g/mol. The average Bonchev–Trinajstić information content (AvgIpc) is 2.52. The Morgan fingerprint density at radius 2 is 2.14 bits per heavy atom. The van der Waals surface area contributed by atoms with Gasteiger partial charge in [0.05, 0.1) is 0 Å². The normalized spacial score (nSPS) is 10.8. The van der Waals surface area contributed by atoms with Gasteiger partial charge in [-0.2, -0.15) is 5.26 Å². The van der Waals surface area contributed by atoms with Crippen LogP contribution in [0.4, 0.5) is 0 Å². The van der Waals surface area contributed by atoms with Crippen molar-refractivity contribution in [3.8, 4) is 6.07 Å². The molecule has 0 radical (unpaired) electrons. The molecule has 0 aromatic heterocycles. The standard InChI is InChI=1S/C16H20ClN3O/c1-2-20(12-14-7-4-3-5-8-14)13-15(11-18)16(21)19-10-6-9-17/h3-5,7-8,13H,2,6,9-10,12H2,1H3,(H,19,21)/b15-13-. The number of nitrogens with zero attached hydrogens (tertiary/aromatic N) is 2. The number of amides is 1. The number of rotatable bonds is 8. The Morgan fingerprint density at radius 1 is 1.43 bits per heavy atom. The van der Waals surface area contributed by atoms with Gasteiger partial charge < -0.3 is 10.2 Å². The van der Waals surface area contributed by atoms with E-state index in [4.69, 9.17) is 16.9 Å². The molecule has 112 valence electrons. The van der Waals surface area contributed by atoms with Crippen molar-refractivity contribution >= 4 is 17.5 Å². The molecule has 1 N–H and O–H groups in total. The zero-order valence-corrected chi connectivity index (χ0v) is 12.9.